The topological polar surface area (TPSA) is 169 Å². The second-order valence-corrected chi connectivity index (χ2v) is 25.8. The van der Waals surface area contributed by atoms with Gasteiger partial charge in [0.05, 0.1) is 41.3 Å². The van der Waals surface area contributed by atoms with Gasteiger partial charge in [-0.25, -0.2) is 14.2 Å². The van der Waals surface area contributed by atoms with Crippen LogP contribution in [0.4, 0.5) is 46.9 Å². The number of rotatable bonds is 26. The highest BCUT2D eigenvalue weighted by Gasteiger charge is 2.50. The molecule has 3 fully saturated rings. The molecule has 24 heteroatoms. The molecule has 17 nitrogen and oxygen atoms in total. The lowest BCUT2D eigenvalue weighted by Crippen LogP contribution is -2.50. The quantitative estimate of drug-likeness (QED) is 0.0390. The number of likely N-dealkylation sites (tertiary alicyclic amines) is 2. The number of likely N-dealkylation sites (N-methyl/N-ethyl adjacent to an activating group) is 2. The van der Waals surface area contributed by atoms with Crippen LogP contribution in [0.1, 0.15) is 113 Å². The molecule has 4 aliphatic rings. The number of hydrogen-bond donors (Lipinski definition) is 2. The summed E-state index contributed by atoms with van der Waals surface area (Å²) in [6.45, 7) is 5.17. The molecular formula is C73H84F7N9O8. The number of para-hydroxylation sites is 1. The van der Waals surface area contributed by atoms with Crippen LogP contribution in [0.2, 0.25) is 0 Å². The highest BCUT2D eigenvalue weighted by atomic mass is 19.4. The van der Waals surface area contributed by atoms with Gasteiger partial charge in [0.1, 0.15) is 36.6 Å². The number of ether oxygens (including phenoxy) is 3. The van der Waals surface area contributed by atoms with Crippen LogP contribution in [0.15, 0.2) is 140 Å². The minimum absolute atomic E-state index is 0.0300. The largest absolute Gasteiger partial charge is 0.446 e. The van der Waals surface area contributed by atoms with Crippen molar-refractivity contribution in [3.8, 4) is 11.1 Å². The average Bonchev–Trinajstić information content (AvgIpc) is 1.61. The van der Waals surface area contributed by atoms with E-state index in [2.05, 4.69) is 37.6 Å². The number of halogens is 7. The van der Waals surface area contributed by atoms with Crippen molar-refractivity contribution in [2.45, 2.75) is 106 Å². The fourth-order valence-corrected chi connectivity index (χ4v) is 13.6. The molecule has 5 amide bonds. The Kier molecular flexibility index (Phi) is 23.4. The van der Waals surface area contributed by atoms with Gasteiger partial charge in [0, 0.05) is 96.5 Å². The fourth-order valence-electron chi connectivity index (χ4n) is 13.6. The van der Waals surface area contributed by atoms with E-state index in [9.17, 15) is 54.7 Å². The zero-order valence-corrected chi connectivity index (χ0v) is 54.9. The Labute approximate surface area is 561 Å². The molecule has 518 valence electrons. The standard InChI is InChI=1S/C73H84F7N9O8/c1-84(34-14-35-86(3)68(93)63-27-26-58(47-82-63)81-33-13-5-8-21-65(90)85(2)41-42-87-36-28-59(29-37-87)97-69(94)83-62-20-12-10-18-60(62)51-15-6-4-7-16-51)66(91)48-95-64-45-52-17-9-11-19-61(52)70(64)30-38-88(39-31-70)40-32-71(54-22-24-57(74)25-23-54)49-89(50-96-71)67(92)53-43-55(72(75,76)77)46-56(44-53)73(78,79)80/h4,6-7,9-12,15-20,22-27,43-44,46-47,59,64,81H,5,8,13-14,21,28-42,45,48-50H2,1-3H3,(H,83,94)/t64?,71-/m0/s1. The minimum atomic E-state index is -5.15. The average molecular weight is 1350 g/mol. The number of hydrogen-bond acceptors (Lipinski definition) is 12. The first-order valence-electron chi connectivity index (χ1n) is 33.2. The summed E-state index contributed by atoms with van der Waals surface area (Å²) in [6, 6.07) is 35.4. The monoisotopic (exact) mass is 1350 g/mol. The highest BCUT2D eigenvalue weighted by Crippen LogP contribution is 2.48. The van der Waals surface area contributed by atoms with Gasteiger partial charge in [0.25, 0.3) is 11.8 Å². The van der Waals surface area contributed by atoms with Gasteiger partial charge in [-0.2, -0.15) is 26.3 Å². The van der Waals surface area contributed by atoms with E-state index in [-0.39, 0.29) is 61.3 Å². The summed E-state index contributed by atoms with van der Waals surface area (Å²) in [4.78, 5) is 81.6. The molecule has 2 N–H and O–H groups in total. The number of nitrogens with zero attached hydrogens (tertiary/aromatic N) is 7. The number of benzene rings is 5. The molecule has 10 rings (SSSR count). The molecule has 3 saturated heterocycles. The van der Waals surface area contributed by atoms with Gasteiger partial charge in [-0.15, -0.1) is 0 Å². The first-order chi connectivity index (χ1) is 46.5. The molecular weight excluding hydrogens is 1260 g/mol. The summed E-state index contributed by atoms with van der Waals surface area (Å²) in [6.07, 6.45) is -2.54. The number of aromatic nitrogens is 1. The Bertz CT molecular complexity index is 3630. The number of carbonyl (C=O) groups is 5. The van der Waals surface area contributed by atoms with Crippen LogP contribution in [0.3, 0.4) is 0 Å². The molecule has 3 aliphatic heterocycles. The lowest BCUT2D eigenvalue weighted by Gasteiger charge is -2.44. The Morgan fingerprint density at radius 2 is 1.35 bits per heavy atom. The number of amides is 5. The first-order valence-corrected chi connectivity index (χ1v) is 33.2. The number of unbranched alkanes of at least 4 members (excludes halogenated alkanes) is 2. The summed E-state index contributed by atoms with van der Waals surface area (Å²) in [7, 11) is 5.24. The Balaban J connectivity index is 0.604. The summed E-state index contributed by atoms with van der Waals surface area (Å²) >= 11 is 0. The molecule has 0 saturated carbocycles. The van der Waals surface area contributed by atoms with Crippen LogP contribution in [-0.4, -0.2) is 183 Å². The number of alkyl halides is 6. The number of fused-ring (bicyclic) bond motifs is 2. The van der Waals surface area contributed by atoms with Crippen molar-refractivity contribution in [2.75, 3.05) is 117 Å². The SMILES string of the molecule is CN(CCN1CCC(OC(=O)Nc2ccccc2-c2ccccc2)CC1)C(=O)CCCCCNc1ccc(C(=O)N(C)CCCN(C)C(=O)COC2Cc3ccccc3C23CCN(CC[C@@]2(c4ccc(F)cc4)CN(C(=O)c4cc(C(F)(F)F)cc(C(F)(F)F)c4)CO2)CC3)nc1. The molecule has 4 heterocycles. The lowest BCUT2D eigenvalue weighted by atomic mass is 9.72. The second kappa shape index (κ2) is 31.8. The number of piperidine rings is 2. The number of carbonyl (C=O) groups excluding carboxylic acids is 5. The third kappa shape index (κ3) is 18.2. The van der Waals surface area contributed by atoms with Gasteiger partial charge < -0.3 is 48.9 Å². The molecule has 1 aromatic heterocycles. The molecule has 1 spiro atoms. The van der Waals surface area contributed by atoms with E-state index in [1.807, 2.05) is 79.8 Å². The van der Waals surface area contributed by atoms with Crippen molar-refractivity contribution in [1.29, 1.82) is 0 Å². The van der Waals surface area contributed by atoms with Crippen LogP contribution in [0.25, 0.3) is 11.1 Å². The number of nitrogens with one attached hydrogen (secondary N) is 2. The van der Waals surface area contributed by atoms with Gasteiger partial charge in [0.2, 0.25) is 11.8 Å². The van der Waals surface area contributed by atoms with Gasteiger partial charge in [0.15, 0.2) is 0 Å². The van der Waals surface area contributed by atoms with Crippen LogP contribution >= 0.6 is 0 Å². The van der Waals surface area contributed by atoms with E-state index in [4.69, 9.17) is 14.2 Å². The van der Waals surface area contributed by atoms with E-state index in [0.29, 0.717) is 101 Å². The maximum atomic E-state index is 14.2. The van der Waals surface area contributed by atoms with Gasteiger partial charge in [-0.1, -0.05) is 91.3 Å². The van der Waals surface area contributed by atoms with Gasteiger partial charge >= 0.3 is 18.4 Å². The molecule has 0 bridgehead atoms. The summed E-state index contributed by atoms with van der Waals surface area (Å²) < 4.78 is 116. The number of pyridine rings is 1. The second-order valence-electron chi connectivity index (χ2n) is 25.8. The molecule has 5 aromatic carbocycles. The predicted molar refractivity (Wildman–Crippen MR) is 353 cm³/mol. The summed E-state index contributed by atoms with van der Waals surface area (Å²) in [5, 5.41) is 6.28. The normalized spacial score (nSPS) is 18.2. The van der Waals surface area contributed by atoms with Crippen molar-refractivity contribution in [2.24, 2.45) is 0 Å². The zero-order valence-electron chi connectivity index (χ0n) is 54.9. The van der Waals surface area contributed by atoms with Crippen LogP contribution in [0.5, 0.6) is 0 Å². The minimum Gasteiger partial charge on any atom is -0.446 e. The molecule has 1 unspecified atom stereocenters. The molecule has 0 radical (unpaired) electrons. The van der Waals surface area contributed by atoms with E-state index >= 15 is 0 Å². The van der Waals surface area contributed by atoms with Crippen LogP contribution in [0, 0.1) is 5.82 Å². The van der Waals surface area contributed by atoms with Gasteiger partial charge in [-0.05, 0) is 142 Å². The van der Waals surface area contributed by atoms with E-state index in [0.717, 1.165) is 84.6 Å². The molecule has 6 aromatic rings. The van der Waals surface area contributed by atoms with E-state index < -0.39 is 64.6 Å². The molecule has 97 heavy (non-hydrogen) atoms. The van der Waals surface area contributed by atoms with Gasteiger partial charge in [-0.3, -0.25) is 24.5 Å². The Morgan fingerprint density at radius 1 is 0.691 bits per heavy atom. The number of anilines is 2. The van der Waals surface area contributed by atoms with E-state index in [1.54, 1.807) is 41.1 Å². The maximum absolute atomic E-state index is 14.2. The van der Waals surface area contributed by atoms with E-state index in [1.165, 1.54) is 24.3 Å². The third-order valence-electron chi connectivity index (χ3n) is 19.4. The van der Waals surface area contributed by atoms with Crippen molar-refractivity contribution >= 4 is 41.1 Å². The third-order valence-corrected chi connectivity index (χ3v) is 19.4. The fraction of sp³-hybridized carbons (Fsp3) is 0.452. The maximum Gasteiger partial charge on any atom is 0.416 e. The molecule has 1 aliphatic carbocycles. The van der Waals surface area contributed by atoms with Crippen LogP contribution in [-0.2, 0) is 53.6 Å². The zero-order chi connectivity index (χ0) is 68.9. The smallest absolute Gasteiger partial charge is 0.416 e. The van der Waals surface area contributed by atoms with Crippen molar-refractivity contribution < 1.29 is 68.9 Å². The van der Waals surface area contributed by atoms with Crippen LogP contribution < -0.4 is 10.6 Å². The van der Waals surface area contributed by atoms with Crippen molar-refractivity contribution in [1.82, 2.24) is 34.4 Å². The first kappa shape index (κ1) is 71.3. The van der Waals surface area contributed by atoms with Crippen molar-refractivity contribution in [3.63, 3.8) is 0 Å². The van der Waals surface area contributed by atoms with Crippen molar-refractivity contribution in [3.05, 3.63) is 185 Å². The Hall–Kier alpha value is -8.45. The molecule has 2 atom stereocenters. The highest BCUT2D eigenvalue weighted by molar-refractivity contribution is 5.95. The lowest BCUT2D eigenvalue weighted by molar-refractivity contribution is -0.143. The predicted octanol–water partition coefficient (Wildman–Crippen LogP) is 12.4. The Morgan fingerprint density at radius 3 is 2.05 bits per heavy atom. The summed E-state index contributed by atoms with van der Waals surface area (Å²) in [5.74, 6) is -1.96. The summed E-state index contributed by atoms with van der Waals surface area (Å²) in [5.41, 5.74) is 0.789.